The van der Waals surface area contributed by atoms with Gasteiger partial charge in [0.25, 0.3) is 0 Å². The van der Waals surface area contributed by atoms with E-state index in [0.29, 0.717) is 30.4 Å². The van der Waals surface area contributed by atoms with Crippen molar-refractivity contribution in [2.75, 3.05) is 13.2 Å². The molecule has 0 radical (unpaired) electrons. The average molecular weight is 281 g/mol. The molecule has 3 heteroatoms. The van der Waals surface area contributed by atoms with Gasteiger partial charge in [-0.25, -0.2) is 0 Å². The maximum Gasteiger partial charge on any atom is 0.137 e. The van der Waals surface area contributed by atoms with Crippen LogP contribution in [0.2, 0.25) is 0 Å². The normalized spacial score (nSPS) is 10.2. The maximum absolute atomic E-state index is 8.96. The molecule has 0 aliphatic rings. The Kier molecular flexibility index (Phi) is 5.22. The minimum absolute atomic E-state index is 0.407. The van der Waals surface area contributed by atoms with Crippen LogP contribution in [0.3, 0.4) is 0 Å². The molecule has 0 saturated heterocycles. The zero-order chi connectivity index (χ0) is 15.1. The third-order valence-corrected chi connectivity index (χ3v) is 3.16. The van der Waals surface area contributed by atoms with Crippen molar-refractivity contribution in [2.45, 2.75) is 19.8 Å². The molecule has 0 unspecified atom stereocenters. The van der Waals surface area contributed by atoms with Gasteiger partial charge in [-0.05, 0) is 35.7 Å². The van der Waals surface area contributed by atoms with Gasteiger partial charge in [0.2, 0.25) is 0 Å². The highest BCUT2D eigenvalue weighted by Crippen LogP contribution is 2.19. The Balaban J connectivity index is 1.81. The molecule has 0 N–H and O–H groups in total. The molecule has 108 valence electrons. The van der Waals surface area contributed by atoms with E-state index in [1.807, 2.05) is 24.3 Å². The summed E-state index contributed by atoms with van der Waals surface area (Å²) in [5.74, 6) is 1.94. The molecule has 0 atom stereocenters. The summed E-state index contributed by atoms with van der Waals surface area (Å²) < 4.78 is 11.2. The predicted molar refractivity (Wildman–Crippen MR) is 82.7 cm³/mol. The van der Waals surface area contributed by atoms with Gasteiger partial charge in [0.15, 0.2) is 0 Å². The number of hydrogen-bond acceptors (Lipinski definition) is 3. The highest BCUT2D eigenvalue weighted by molar-refractivity contribution is 5.42. The van der Waals surface area contributed by atoms with Gasteiger partial charge in [-0.1, -0.05) is 38.1 Å². The van der Waals surface area contributed by atoms with Crippen LogP contribution in [0.15, 0.2) is 48.5 Å². The molecule has 2 rings (SSSR count). The zero-order valence-corrected chi connectivity index (χ0v) is 12.4. The van der Waals surface area contributed by atoms with Crippen LogP contribution < -0.4 is 9.47 Å². The predicted octanol–water partition coefficient (Wildman–Crippen LogP) is 4.14. The van der Waals surface area contributed by atoms with E-state index in [0.717, 1.165) is 5.75 Å². The molecule has 0 fully saturated rings. The summed E-state index contributed by atoms with van der Waals surface area (Å²) in [6, 6.07) is 17.4. The Morgan fingerprint density at radius 2 is 1.62 bits per heavy atom. The molecule has 2 aromatic carbocycles. The topological polar surface area (TPSA) is 42.2 Å². The van der Waals surface area contributed by atoms with Crippen molar-refractivity contribution >= 4 is 0 Å². The Bertz CT molecular complexity index is 612. The van der Waals surface area contributed by atoms with Gasteiger partial charge in [-0.15, -0.1) is 0 Å². The smallest absolute Gasteiger partial charge is 0.137 e. The molecule has 0 aromatic heterocycles. The molecule has 0 aliphatic heterocycles. The average Bonchev–Trinajstić information content (AvgIpc) is 2.52. The van der Waals surface area contributed by atoms with Crippen LogP contribution in [0.1, 0.15) is 30.9 Å². The van der Waals surface area contributed by atoms with Crippen LogP contribution in [0.25, 0.3) is 0 Å². The molecular weight excluding hydrogens is 262 g/mol. The molecule has 2 aromatic rings. The summed E-state index contributed by atoms with van der Waals surface area (Å²) in [6.07, 6.45) is 0. The lowest BCUT2D eigenvalue weighted by Gasteiger charge is -2.10. The van der Waals surface area contributed by atoms with Crippen molar-refractivity contribution in [2.24, 2.45) is 0 Å². The summed E-state index contributed by atoms with van der Waals surface area (Å²) in [5, 5.41) is 8.96. The Morgan fingerprint density at radius 3 is 2.29 bits per heavy atom. The molecule has 21 heavy (non-hydrogen) atoms. The van der Waals surface area contributed by atoms with E-state index in [1.54, 1.807) is 12.1 Å². The first-order valence-corrected chi connectivity index (χ1v) is 7.05. The molecule has 0 saturated carbocycles. The first kappa shape index (κ1) is 14.9. The summed E-state index contributed by atoms with van der Waals surface area (Å²) in [7, 11) is 0. The van der Waals surface area contributed by atoms with E-state index in [1.165, 1.54) is 5.56 Å². The zero-order valence-electron chi connectivity index (χ0n) is 12.4. The second kappa shape index (κ2) is 7.35. The SMILES string of the molecule is CC(C)c1ccc(OCCOc2ccccc2C#N)cc1. The van der Waals surface area contributed by atoms with E-state index in [9.17, 15) is 0 Å². The standard InChI is InChI=1S/C18H19NO2/c1-14(2)15-7-9-17(10-8-15)20-11-12-21-18-6-4-3-5-16(18)13-19/h3-10,14H,11-12H2,1-2H3. The third kappa shape index (κ3) is 4.25. The minimum atomic E-state index is 0.407. The molecule has 0 amide bonds. The molecule has 0 spiro atoms. The van der Waals surface area contributed by atoms with Crippen LogP contribution in [-0.2, 0) is 0 Å². The van der Waals surface area contributed by atoms with Gasteiger partial charge in [-0.2, -0.15) is 5.26 Å². The highest BCUT2D eigenvalue weighted by atomic mass is 16.5. The number of rotatable bonds is 6. The van der Waals surface area contributed by atoms with Crippen molar-refractivity contribution in [3.8, 4) is 17.6 Å². The Labute approximate surface area is 125 Å². The summed E-state index contributed by atoms with van der Waals surface area (Å²) in [6.45, 7) is 5.18. The highest BCUT2D eigenvalue weighted by Gasteiger charge is 2.02. The molecular formula is C18H19NO2. The van der Waals surface area contributed by atoms with Crippen LogP contribution in [0.5, 0.6) is 11.5 Å². The lowest BCUT2D eigenvalue weighted by molar-refractivity contribution is 0.217. The van der Waals surface area contributed by atoms with Crippen molar-refractivity contribution in [3.05, 3.63) is 59.7 Å². The van der Waals surface area contributed by atoms with Gasteiger partial charge in [-0.3, -0.25) is 0 Å². The van der Waals surface area contributed by atoms with E-state index >= 15 is 0 Å². The van der Waals surface area contributed by atoms with Crippen LogP contribution in [0, 0.1) is 11.3 Å². The molecule has 0 aliphatic carbocycles. The summed E-state index contributed by atoms with van der Waals surface area (Å²) in [4.78, 5) is 0. The van der Waals surface area contributed by atoms with E-state index < -0.39 is 0 Å². The number of nitriles is 1. The van der Waals surface area contributed by atoms with Gasteiger partial charge in [0.05, 0.1) is 5.56 Å². The summed E-state index contributed by atoms with van der Waals surface area (Å²) >= 11 is 0. The minimum Gasteiger partial charge on any atom is -0.490 e. The fourth-order valence-corrected chi connectivity index (χ4v) is 1.94. The monoisotopic (exact) mass is 281 g/mol. The summed E-state index contributed by atoms with van der Waals surface area (Å²) in [5.41, 5.74) is 1.83. The van der Waals surface area contributed by atoms with Crippen molar-refractivity contribution in [1.29, 1.82) is 5.26 Å². The van der Waals surface area contributed by atoms with Gasteiger partial charge in [0.1, 0.15) is 30.8 Å². The Hall–Kier alpha value is -2.47. The Morgan fingerprint density at radius 1 is 0.952 bits per heavy atom. The van der Waals surface area contributed by atoms with Crippen molar-refractivity contribution in [1.82, 2.24) is 0 Å². The first-order chi connectivity index (χ1) is 10.2. The second-order valence-electron chi connectivity index (χ2n) is 5.03. The van der Waals surface area contributed by atoms with Crippen LogP contribution >= 0.6 is 0 Å². The number of ether oxygens (including phenoxy) is 2. The first-order valence-electron chi connectivity index (χ1n) is 7.05. The quantitative estimate of drug-likeness (QED) is 0.747. The van der Waals surface area contributed by atoms with Gasteiger partial charge in [0, 0.05) is 0 Å². The number of para-hydroxylation sites is 1. The van der Waals surface area contributed by atoms with E-state index in [4.69, 9.17) is 14.7 Å². The van der Waals surface area contributed by atoms with Gasteiger partial charge < -0.3 is 9.47 Å². The largest absolute Gasteiger partial charge is 0.490 e. The van der Waals surface area contributed by atoms with Crippen molar-refractivity contribution in [3.63, 3.8) is 0 Å². The molecule has 0 heterocycles. The number of benzene rings is 2. The second-order valence-corrected chi connectivity index (χ2v) is 5.03. The fraction of sp³-hybridized carbons (Fsp3) is 0.278. The molecule has 3 nitrogen and oxygen atoms in total. The molecule has 0 bridgehead atoms. The lowest BCUT2D eigenvalue weighted by atomic mass is 10.0. The van der Waals surface area contributed by atoms with Crippen LogP contribution in [-0.4, -0.2) is 13.2 Å². The third-order valence-electron chi connectivity index (χ3n) is 3.16. The van der Waals surface area contributed by atoms with E-state index in [2.05, 4.69) is 32.0 Å². The van der Waals surface area contributed by atoms with Gasteiger partial charge >= 0.3 is 0 Å². The lowest BCUT2D eigenvalue weighted by Crippen LogP contribution is -2.09. The van der Waals surface area contributed by atoms with E-state index in [-0.39, 0.29) is 0 Å². The van der Waals surface area contributed by atoms with Crippen molar-refractivity contribution < 1.29 is 9.47 Å². The maximum atomic E-state index is 8.96. The van der Waals surface area contributed by atoms with Crippen LogP contribution in [0.4, 0.5) is 0 Å². The fourth-order valence-electron chi connectivity index (χ4n) is 1.94. The number of nitrogens with zero attached hydrogens (tertiary/aromatic N) is 1. The number of hydrogen-bond donors (Lipinski definition) is 0.